The highest BCUT2D eigenvalue weighted by Crippen LogP contribution is 2.18. The van der Waals surface area contributed by atoms with Crippen LogP contribution in [-0.4, -0.2) is 56.4 Å². The topological polar surface area (TPSA) is 66.5 Å². The van der Waals surface area contributed by atoms with Crippen molar-refractivity contribution in [2.45, 2.75) is 44.2 Å². The maximum absolute atomic E-state index is 12.0. The number of sulfone groups is 1. The van der Waals surface area contributed by atoms with E-state index in [0.29, 0.717) is 19.0 Å². The summed E-state index contributed by atoms with van der Waals surface area (Å²) in [5.74, 6) is 0.341. The van der Waals surface area contributed by atoms with Crippen LogP contribution in [0.1, 0.15) is 32.1 Å². The number of hydrogen-bond donors (Lipinski definition) is 1. The highest BCUT2D eigenvalue weighted by Gasteiger charge is 2.32. The molecule has 104 valence electrons. The summed E-state index contributed by atoms with van der Waals surface area (Å²) in [5, 5.41) is 3.27. The first-order valence-corrected chi connectivity index (χ1v) is 8.49. The van der Waals surface area contributed by atoms with E-state index < -0.39 is 9.84 Å². The number of nitrogens with zero attached hydrogens (tertiary/aromatic N) is 1. The van der Waals surface area contributed by atoms with Gasteiger partial charge in [-0.2, -0.15) is 0 Å². The van der Waals surface area contributed by atoms with Crippen LogP contribution in [0.15, 0.2) is 0 Å². The molecule has 18 heavy (non-hydrogen) atoms. The van der Waals surface area contributed by atoms with E-state index in [4.69, 9.17) is 0 Å². The Bertz CT molecular complexity index is 402. The molecule has 1 heterocycles. The Kier molecular flexibility index (Phi) is 4.27. The number of carbonyl (C=O) groups excluding carboxylic acids is 1. The molecule has 1 atom stereocenters. The van der Waals surface area contributed by atoms with Crippen molar-refractivity contribution < 1.29 is 13.2 Å². The van der Waals surface area contributed by atoms with Gasteiger partial charge in [-0.05, 0) is 19.3 Å². The lowest BCUT2D eigenvalue weighted by atomic mass is 10.2. The molecule has 1 aliphatic carbocycles. The minimum atomic E-state index is -2.92. The molecule has 0 aromatic carbocycles. The molecule has 0 aromatic heterocycles. The first kappa shape index (κ1) is 13.8. The Balaban J connectivity index is 1.78. The van der Waals surface area contributed by atoms with Crippen LogP contribution in [0.5, 0.6) is 0 Å². The van der Waals surface area contributed by atoms with E-state index in [0.717, 1.165) is 12.8 Å². The number of nitrogens with one attached hydrogen (secondary N) is 1. The van der Waals surface area contributed by atoms with Gasteiger partial charge in [0.1, 0.15) is 0 Å². The lowest BCUT2D eigenvalue weighted by molar-refractivity contribution is -0.130. The molecule has 1 unspecified atom stereocenters. The van der Waals surface area contributed by atoms with Crippen molar-refractivity contribution >= 4 is 15.7 Å². The molecule has 1 amide bonds. The predicted molar refractivity (Wildman–Crippen MR) is 70.1 cm³/mol. The van der Waals surface area contributed by atoms with E-state index in [1.54, 1.807) is 11.9 Å². The van der Waals surface area contributed by atoms with Gasteiger partial charge >= 0.3 is 0 Å². The van der Waals surface area contributed by atoms with Crippen LogP contribution >= 0.6 is 0 Å². The molecule has 2 rings (SSSR count). The van der Waals surface area contributed by atoms with Crippen LogP contribution < -0.4 is 5.32 Å². The van der Waals surface area contributed by atoms with Crippen LogP contribution in [0.4, 0.5) is 0 Å². The van der Waals surface area contributed by atoms with Crippen LogP contribution in [0.3, 0.4) is 0 Å². The Hall–Kier alpha value is -0.620. The van der Waals surface area contributed by atoms with Crippen molar-refractivity contribution in [3.05, 3.63) is 0 Å². The van der Waals surface area contributed by atoms with E-state index in [2.05, 4.69) is 5.32 Å². The van der Waals surface area contributed by atoms with Crippen molar-refractivity contribution in [1.82, 2.24) is 10.2 Å². The second-order valence-electron chi connectivity index (χ2n) is 5.42. The fourth-order valence-electron chi connectivity index (χ4n) is 2.77. The molecule has 1 saturated carbocycles. The van der Waals surface area contributed by atoms with Crippen LogP contribution in [0, 0.1) is 0 Å². The third kappa shape index (κ3) is 3.45. The average Bonchev–Trinajstić information content (AvgIpc) is 2.94. The minimum Gasteiger partial charge on any atom is -0.341 e. The van der Waals surface area contributed by atoms with Gasteiger partial charge in [0.05, 0.1) is 18.1 Å². The van der Waals surface area contributed by atoms with Gasteiger partial charge in [-0.1, -0.05) is 12.8 Å². The highest BCUT2D eigenvalue weighted by atomic mass is 32.2. The van der Waals surface area contributed by atoms with Gasteiger partial charge in [-0.25, -0.2) is 8.42 Å². The molecule has 2 aliphatic rings. The SMILES string of the molecule is CN(C(=O)CNC1CCCC1)C1CCS(=O)(=O)C1. The Labute approximate surface area is 109 Å². The number of carbonyl (C=O) groups is 1. The predicted octanol–water partition coefficient (Wildman–Crippen LogP) is 0.164. The second kappa shape index (κ2) is 5.57. The first-order valence-electron chi connectivity index (χ1n) is 6.67. The van der Waals surface area contributed by atoms with Crippen LogP contribution in [-0.2, 0) is 14.6 Å². The first-order chi connectivity index (χ1) is 8.48. The quantitative estimate of drug-likeness (QED) is 0.793. The van der Waals surface area contributed by atoms with Crippen molar-refractivity contribution in [1.29, 1.82) is 0 Å². The number of amides is 1. The number of hydrogen-bond acceptors (Lipinski definition) is 4. The van der Waals surface area contributed by atoms with Crippen molar-refractivity contribution in [3.63, 3.8) is 0 Å². The fourth-order valence-corrected chi connectivity index (χ4v) is 4.55. The van der Waals surface area contributed by atoms with Crippen molar-refractivity contribution in [2.75, 3.05) is 25.1 Å². The summed E-state index contributed by atoms with van der Waals surface area (Å²) in [6.45, 7) is 0.331. The van der Waals surface area contributed by atoms with Gasteiger partial charge < -0.3 is 10.2 Å². The average molecular weight is 274 g/mol. The zero-order valence-electron chi connectivity index (χ0n) is 10.9. The van der Waals surface area contributed by atoms with Gasteiger partial charge in [-0.15, -0.1) is 0 Å². The van der Waals surface area contributed by atoms with E-state index in [1.165, 1.54) is 12.8 Å². The largest absolute Gasteiger partial charge is 0.341 e. The Morgan fingerprint density at radius 2 is 1.94 bits per heavy atom. The lowest BCUT2D eigenvalue weighted by Crippen LogP contribution is -2.44. The molecule has 0 bridgehead atoms. The smallest absolute Gasteiger partial charge is 0.236 e. The Morgan fingerprint density at radius 3 is 2.50 bits per heavy atom. The fraction of sp³-hybridized carbons (Fsp3) is 0.917. The third-order valence-electron chi connectivity index (χ3n) is 4.05. The molecule has 0 aromatic rings. The molecule has 1 saturated heterocycles. The lowest BCUT2D eigenvalue weighted by Gasteiger charge is -2.24. The summed E-state index contributed by atoms with van der Waals surface area (Å²) in [6, 6.07) is 0.336. The maximum atomic E-state index is 12.0. The monoisotopic (exact) mass is 274 g/mol. The number of rotatable bonds is 4. The molecule has 6 heteroatoms. The molecule has 1 N–H and O–H groups in total. The molecular weight excluding hydrogens is 252 g/mol. The standard InChI is InChI=1S/C12H22N2O3S/c1-14(11-6-7-18(16,17)9-11)12(15)8-13-10-4-2-3-5-10/h10-11,13H,2-9H2,1H3. The van der Waals surface area contributed by atoms with Gasteiger partial charge in [0.2, 0.25) is 5.91 Å². The molecule has 0 spiro atoms. The molecule has 1 aliphatic heterocycles. The van der Waals surface area contributed by atoms with Crippen LogP contribution in [0.25, 0.3) is 0 Å². The van der Waals surface area contributed by atoms with Gasteiger partial charge in [-0.3, -0.25) is 4.79 Å². The summed E-state index contributed by atoms with van der Waals surface area (Å²) < 4.78 is 22.8. The summed E-state index contributed by atoms with van der Waals surface area (Å²) in [7, 11) is -1.21. The summed E-state index contributed by atoms with van der Waals surface area (Å²) in [4.78, 5) is 13.6. The molecule has 2 fully saturated rings. The highest BCUT2D eigenvalue weighted by molar-refractivity contribution is 7.91. The molecular formula is C12H22N2O3S. The van der Waals surface area contributed by atoms with Gasteiger partial charge in [0.15, 0.2) is 9.84 Å². The zero-order valence-corrected chi connectivity index (χ0v) is 11.7. The third-order valence-corrected chi connectivity index (χ3v) is 5.80. The summed E-state index contributed by atoms with van der Waals surface area (Å²) >= 11 is 0. The zero-order chi connectivity index (χ0) is 13.2. The van der Waals surface area contributed by atoms with E-state index in [9.17, 15) is 13.2 Å². The summed E-state index contributed by atoms with van der Waals surface area (Å²) in [6.07, 6.45) is 5.35. The van der Waals surface area contributed by atoms with E-state index in [1.807, 2.05) is 0 Å². The molecule has 5 nitrogen and oxygen atoms in total. The Morgan fingerprint density at radius 1 is 1.28 bits per heavy atom. The van der Waals surface area contributed by atoms with Crippen molar-refractivity contribution in [2.24, 2.45) is 0 Å². The minimum absolute atomic E-state index is 0.00370. The van der Waals surface area contributed by atoms with Gasteiger partial charge in [0.25, 0.3) is 0 Å². The van der Waals surface area contributed by atoms with Crippen LogP contribution in [0.2, 0.25) is 0 Å². The molecule has 0 radical (unpaired) electrons. The maximum Gasteiger partial charge on any atom is 0.236 e. The normalized spacial score (nSPS) is 27.5. The number of likely N-dealkylation sites (N-methyl/N-ethyl adjacent to an activating group) is 1. The van der Waals surface area contributed by atoms with Crippen molar-refractivity contribution in [3.8, 4) is 0 Å². The summed E-state index contributed by atoms with van der Waals surface area (Å²) in [5.41, 5.74) is 0. The van der Waals surface area contributed by atoms with E-state index in [-0.39, 0.29) is 23.5 Å². The van der Waals surface area contributed by atoms with E-state index >= 15 is 0 Å². The second-order valence-corrected chi connectivity index (χ2v) is 7.65. The van der Waals surface area contributed by atoms with Gasteiger partial charge in [0, 0.05) is 19.1 Å².